The Morgan fingerprint density at radius 2 is 1.57 bits per heavy atom. The predicted octanol–water partition coefficient (Wildman–Crippen LogP) is 4.60. The Morgan fingerprint density at radius 3 is 2.14 bits per heavy atom. The van der Waals surface area contributed by atoms with Gasteiger partial charge in [0, 0.05) is 11.6 Å². The van der Waals surface area contributed by atoms with Gasteiger partial charge in [0.1, 0.15) is 23.3 Å². The van der Waals surface area contributed by atoms with Crippen LogP contribution in [0.2, 0.25) is 5.02 Å². The molecule has 2 rings (SSSR count). The molecule has 0 saturated heterocycles. The molecule has 0 aliphatic rings. The first-order valence-electron chi connectivity index (χ1n) is 6.26. The van der Waals surface area contributed by atoms with Gasteiger partial charge in [-0.15, -0.1) is 0 Å². The Bertz CT molecular complexity index is 640. The number of hydrogen-bond donors (Lipinski definition) is 1. The lowest BCUT2D eigenvalue weighted by Gasteiger charge is -2.20. The largest absolute Gasteiger partial charge is 0.306 e. The third-order valence-electron chi connectivity index (χ3n) is 2.98. The highest BCUT2D eigenvalue weighted by Gasteiger charge is 2.20. The van der Waals surface area contributed by atoms with Crippen LogP contribution in [0.1, 0.15) is 24.1 Å². The summed E-state index contributed by atoms with van der Waals surface area (Å²) in [5.74, 6) is -3.13. The van der Waals surface area contributed by atoms with Crippen LogP contribution in [-0.4, -0.2) is 6.54 Å². The van der Waals surface area contributed by atoms with E-state index in [4.69, 9.17) is 11.6 Å². The quantitative estimate of drug-likeness (QED) is 0.642. The van der Waals surface area contributed by atoms with Crippen LogP contribution >= 0.6 is 11.6 Å². The van der Waals surface area contributed by atoms with Gasteiger partial charge in [0.15, 0.2) is 0 Å². The molecule has 21 heavy (non-hydrogen) atoms. The normalized spacial score (nSPS) is 12.5. The van der Waals surface area contributed by atoms with E-state index in [-0.39, 0.29) is 16.1 Å². The summed E-state index contributed by atoms with van der Waals surface area (Å²) in [6.07, 6.45) is 0. The lowest BCUT2D eigenvalue weighted by molar-refractivity contribution is 0.534. The van der Waals surface area contributed by atoms with Crippen LogP contribution in [0.5, 0.6) is 0 Å². The Labute approximate surface area is 124 Å². The molecule has 2 aromatic carbocycles. The average molecular weight is 318 g/mol. The number of rotatable bonds is 4. The molecule has 6 heteroatoms. The number of benzene rings is 2. The summed E-state index contributed by atoms with van der Waals surface area (Å²) in [4.78, 5) is 0. The van der Waals surface area contributed by atoms with Gasteiger partial charge in [-0.25, -0.2) is 17.6 Å². The molecule has 0 bridgehead atoms. The van der Waals surface area contributed by atoms with E-state index >= 15 is 0 Å². The molecule has 0 saturated carbocycles. The van der Waals surface area contributed by atoms with Crippen molar-refractivity contribution >= 4 is 11.6 Å². The van der Waals surface area contributed by atoms with E-state index in [1.54, 1.807) is 6.92 Å². The van der Waals surface area contributed by atoms with E-state index in [9.17, 15) is 17.6 Å². The highest BCUT2D eigenvalue weighted by molar-refractivity contribution is 6.30. The van der Waals surface area contributed by atoms with Gasteiger partial charge in [-0.1, -0.05) is 18.5 Å². The predicted molar refractivity (Wildman–Crippen MR) is 73.2 cm³/mol. The van der Waals surface area contributed by atoms with Crippen molar-refractivity contribution in [2.75, 3.05) is 6.54 Å². The van der Waals surface area contributed by atoms with Gasteiger partial charge in [-0.05, 0) is 36.4 Å². The minimum atomic E-state index is -0.882. The van der Waals surface area contributed by atoms with E-state index in [2.05, 4.69) is 5.32 Å². The highest BCUT2D eigenvalue weighted by Crippen LogP contribution is 2.29. The van der Waals surface area contributed by atoms with Crippen molar-refractivity contribution in [2.45, 2.75) is 13.0 Å². The van der Waals surface area contributed by atoms with E-state index in [1.165, 1.54) is 0 Å². The lowest BCUT2D eigenvalue weighted by Crippen LogP contribution is -2.23. The van der Waals surface area contributed by atoms with Crippen LogP contribution in [0.15, 0.2) is 30.3 Å². The van der Waals surface area contributed by atoms with Gasteiger partial charge in [0.2, 0.25) is 0 Å². The fourth-order valence-corrected chi connectivity index (χ4v) is 2.26. The second-order valence-electron chi connectivity index (χ2n) is 4.48. The Balaban J connectivity index is 2.55. The fourth-order valence-electron chi connectivity index (χ4n) is 2.11. The Morgan fingerprint density at radius 1 is 0.952 bits per heavy atom. The van der Waals surface area contributed by atoms with Crippen LogP contribution in [0.4, 0.5) is 17.6 Å². The van der Waals surface area contributed by atoms with E-state index < -0.39 is 29.3 Å². The third kappa shape index (κ3) is 3.54. The second-order valence-corrected chi connectivity index (χ2v) is 4.89. The van der Waals surface area contributed by atoms with Crippen LogP contribution < -0.4 is 5.32 Å². The van der Waals surface area contributed by atoms with Gasteiger partial charge in [-0.3, -0.25) is 0 Å². The molecular formula is C15H12ClF4N. The number of hydrogen-bond acceptors (Lipinski definition) is 1. The zero-order valence-electron chi connectivity index (χ0n) is 11.1. The standard InChI is InChI=1S/C15H12ClF4N/c1-2-21-15(8-3-9(17)5-10(18)4-8)11-6-14(20)12(16)7-13(11)19/h3-7,15,21H,2H2,1H3. The molecule has 0 radical (unpaired) electrons. The second kappa shape index (κ2) is 6.45. The van der Waals surface area contributed by atoms with Crippen molar-refractivity contribution < 1.29 is 17.6 Å². The molecule has 2 aromatic rings. The average Bonchev–Trinajstić information content (AvgIpc) is 2.39. The molecule has 0 aliphatic heterocycles. The molecule has 0 fully saturated rings. The number of halogens is 5. The minimum absolute atomic E-state index is 0.0660. The minimum Gasteiger partial charge on any atom is -0.306 e. The van der Waals surface area contributed by atoms with E-state index in [0.29, 0.717) is 12.6 Å². The first kappa shape index (κ1) is 15.8. The van der Waals surface area contributed by atoms with Gasteiger partial charge in [-0.2, -0.15) is 0 Å². The fraction of sp³-hybridized carbons (Fsp3) is 0.200. The first-order valence-corrected chi connectivity index (χ1v) is 6.64. The van der Waals surface area contributed by atoms with Crippen molar-refractivity contribution in [3.63, 3.8) is 0 Å². The van der Waals surface area contributed by atoms with Gasteiger partial charge in [0.25, 0.3) is 0 Å². The summed E-state index contributed by atoms with van der Waals surface area (Å²) in [5.41, 5.74) is 0.0960. The molecule has 0 aromatic heterocycles. The summed E-state index contributed by atoms with van der Waals surface area (Å²) in [7, 11) is 0. The lowest BCUT2D eigenvalue weighted by atomic mass is 9.97. The van der Waals surface area contributed by atoms with Crippen LogP contribution in [0.3, 0.4) is 0 Å². The maximum atomic E-state index is 14.0. The molecular weight excluding hydrogens is 306 g/mol. The van der Waals surface area contributed by atoms with Crippen LogP contribution in [0, 0.1) is 23.3 Å². The van der Waals surface area contributed by atoms with Crippen LogP contribution in [-0.2, 0) is 0 Å². The van der Waals surface area contributed by atoms with Gasteiger partial charge >= 0.3 is 0 Å². The third-order valence-corrected chi connectivity index (χ3v) is 3.27. The van der Waals surface area contributed by atoms with E-state index in [0.717, 1.165) is 24.3 Å². The summed E-state index contributed by atoms with van der Waals surface area (Å²) < 4.78 is 54.2. The van der Waals surface area contributed by atoms with Crippen molar-refractivity contribution in [2.24, 2.45) is 0 Å². The zero-order chi connectivity index (χ0) is 15.6. The molecule has 0 aliphatic carbocycles. The maximum Gasteiger partial charge on any atom is 0.142 e. The number of nitrogens with one attached hydrogen (secondary N) is 1. The molecule has 1 atom stereocenters. The molecule has 1 unspecified atom stereocenters. The molecule has 0 heterocycles. The molecule has 0 spiro atoms. The highest BCUT2D eigenvalue weighted by atomic mass is 35.5. The topological polar surface area (TPSA) is 12.0 Å². The SMILES string of the molecule is CCNC(c1cc(F)cc(F)c1)c1cc(F)c(Cl)cc1F. The monoisotopic (exact) mass is 317 g/mol. The maximum absolute atomic E-state index is 14.0. The van der Waals surface area contributed by atoms with Crippen molar-refractivity contribution in [3.8, 4) is 0 Å². The van der Waals surface area contributed by atoms with Crippen molar-refractivity contribution in [1.82, 2.24) is 5.32 Å². The van der Waals surface area contributed by atoms with Gasteiger partial charge < -0.3 is 5.32 Å². The summed E-state index contributed by atoms with van der Waals surface area (Å²) >= 11 is 5.51. The summed E-state index contributed by atoms with van der Waals surface area (Å²) in [6, 6.07) is 3.74. The van der Waals surface area contributed by atoms with Crippen molar-refractivity contribution in [3.05, 3.63) is 69.8 Å². The van der Waals surface area contributed by atoms with E-state index in [1.807, 2.05) is 0 Å². The smallest absolute Gasteiger partial charge is 0.142 e. The Kier molecular flexibility index (Phi) is 4.85. The zero-order valence-corrected chi connectivity index (χ0v) is 11.8. The Hall–Kier alpha value is -1.59. The van der Waals surface area contributed by atoms with Gasteiger partial charge in [0.05, 0.1) is 11.1 Å². The molecule has 1 nitrogen and oxygen atoms in total. The summed E-state index contributed by atoms with van der Waals surface area (Å²) in [5, 5.41) is 2.52. The molecule has 112 valence electrons. The molecule has 1 N–H and O–H groups in total. The van der Waals surface area contributed by atoms with Crippen LogP contribution in [0.25, 0.3) is 0 Å². The van der Waals surface area contributed by atoms with Crippen molar-refractivity contribution in [1.29, 1.82) is 0 Å². The summed E-state index contributed by atoms with van der Waals surface area (Å²) in [6.45, 7) is 2.14. The molecule has 0 amide bonds. The first-order chi connectivity index (χ1) is 9.92.